The largest absolute Gasteiger partial charge is 0.391 e. The number of aliphatic hydroxyl groups is 2. The summed E-state index contributed by atoms with van der Waals surface area (Å²) in [6.45, 7) is 3.09. The minimum absolute atomic E-state index is 0. The van der Waals surface area contributed by atoms with Crippen LogP contribution in [0.15, 0.2) is 0 Å². The normalized spacial score (nSPS) is 17.1. The van der Waals surface area contributed by atoms with Gasteiger partial charge in [0.05, 0.1) is 12.2 Å². The summed E-state index contributed by atoms with van der Waals surface area (Å²) in [6, 6.07) is 0. The van der Waals surface area contributed by atoms with Gasteiger partial charge in [-0.2, -0.15) is 0 Å². The van der Waals surface area contributed by atoms with E-state index in [4.69, 9.17) is 10.2 Å². The van der Waals surface area contributed by atoms with Gasteiger partial charge < -0.3 is 10.2 Å². The van der Waals surface area contributed by atoms with Crippen molar-refractivity contribution in [1.82, 2.24) is 0 Å². The Morgan fingerprint density at radius 3 is 1.14 bits per heavy atom. The fourth-order valence-electron chi connectivity index (χ4n) is 0. The maximum atomic E-state index is 8.38. The van der Waals surface area contributed by atoms with Crippen LogP contribution < -0.4 is 0 Å². The van der Waals surface area contributed by atoms with E-state index in [0.29, 0.717) is 0 Å². The molecule has 44 valence electrons. The Bertz CT molecular complexity index is 30.7. The van der Waals surface area contributed by atoms with Gasteiger partial charge in [-0.05, 0) is 13.8 Å². The zero-order valence-corrected chi connectivity index (χ0v) is 5.73. The van der Waals surface area contributed by atoms with Gasteiger partial charge in [0.25, 0.3) is 0 Å². The summed E-state index contributed by atoms with van der Waals surface area (Å²) in [5.41, 5.74) is 0. The SMILES string of the molecule is C[C@H](O)[C@H](C)O.[Cr]. The Morgan fingerprint density at radius 2 is 1.14 bits per heavy atom. The van der Waals surface area contributed by atoms with Crippen molar-refractivity contribution >= 4 is 0 Å². The van der Waals surface area contributed by atoms with Crippen molar-refractivity contribution in [3.8, 4) is 0 Å². The van der Waals surface area contributed by atoms with Gasteiger partial charge in [-0.1, -0.05) is 0 Å². The molecule has 3 heteroatoms. The molecule has 0 radical (unpaired) electrons. The molecule has 0 aliphatic carbocycles. The molecule has 2 atom stereocenters. The van der Waals surface area contributed by atoms with Crippen molar-refractivity contribution in [3.63, 3.8) is 0 Å². The predicted octanol–water partition coefficient (Wildman–Crippen LogP) is -0.254. The number of hydrogen-bond acceptors (Lipinski definition) is 2. The van der Waals surface area contributed by atoms with E-state index < -0.39 is 12.2 Å². The van der Waals surface area contributed by atoms with Crippen LogP contribution in [0.2, 0.25) is 0 Å². The van der Waals surface area contributed by atoms with Gasteiger partial charge in [-0.3, -0.25) is 0 Å². The van der Waals surface area contributed by atoms with Gasteiger partial charge in [0.1, 0.15) is 0 Å². The molecule has 0 amide bonds. The van der Waals surface area contributed by atoms with Crippen LogP contribution >= 0.6 is 0 Å². The molecule has 0 spiro atoms. The fourth-order valence-corrected chi connectivity index (χ4v) is 0. The zero-order chi connectivity index (χ0) is 5.15. The summed E-state index contributed by atoms with van der Waals surface area (Å²) in [5.74, 6) is 0. The second kappa shape index (κ2) is 4.61. The van der Waals surface area contributed by atoms with Crippen LogP contribution in [-0.4, -0.2) is 22.4 Å². The van der Waals surface area contributed by atoms with E-state index in [-0.39, 0.29) is 17.4 Å². The molecule has 0 unspecified atom stereocenters. The molecule has 0 saturated heterocycles. The molecule has 0 rings (SSSR count). The van der Waals surface area contributed by atoms with Crippen LogP contribution in [-0.2, 0) is 17.4 Å². The van der Waals surface area contributed by atoms with Crippen LogP contribution in [0.1, 0.15) is 13.8 Å². The Kier molecular flexibility index (Phi) is 6.87. The fraction of sp³-hybridized carbons (Fsp3) is 1.00. The summed E-state index contributed by atoms with van der Waals surface area (Å²) >= 11 is 0. The molecule has 0 saturated carbocycles. The Hall–Kier alpha value is 0.452. The number of hydrogen-bond donors (Lipinski definition) is 2. The van der Waals surface area contributed by atoms with Crippen molar-refractivity contribution in [2.24, 2.45) is 0 Å². The summed E-state index contributed by atoms with van der Waals surface area (Å²) in [6.07, 6.45) is -1.19. The molecule has 0 heterocycles. The third-order valence-corrected chi connectivity index (χ3v) is 0.698. The first-order valence-electron chi connectivity index (χ1n) is 2.00. The van der Waals surface area contributed by atoms with Gasteiger partial charge in [-0.25, -0.2) is 0 Å². The van der Waals surface area contributed by atoms with Gasteiger partial charge >= 0.3 is 0 Å². The van der Waals surface area contributed by atoms with E-state index in [9.17, 15) is 0 Å². The van der Waals surface area contributed by atoms with Crippen LogP contribution in [0.4, 0.5) is 0 Å². The molecule has 2 nitrogen and oxygen atoms in total. The van der Waals surface area contributed by atoms with Crippen molar-refractivity contribution in [3.05, 3.63) is 0 Å². The molecule has 0 bridgehead atoms. The Labute approximate surface area is 54.3 Å². The van der Waals surface area contributed by atoms with Crippen LogP contribution in [0.25, 0.3) is 0 Å². The van der Waals surface area contributed by atoms with Crippen LogP contribution in [0, 0.1) is 0 Å². The van der Waals surface area contributed by atoms with Crippen LogP contribution in [0.3, 0.4) is 0 Å². The smallest absolute Gasteiger partial charge is 0.0768 e. The van der Waals surface area contributed by atoms with Crippen LogP contribution in [0.5, 0.6) is 0 Å². The van der Waals surface area contributed by atoms with E-state index in [0.717, 1.165) is 0 Å². The molecule has 0 aromatic rings. The minimum atomic E-state index is -0.593. The van der Waals surface area contributed by atoms with Gasteiger partial charge in [0.15, 0.2) is 0 Å². The van der Waals surface area contributed by atoms with Gasteiger partial charge in [0, 0.05) is 17.4 Å². The molecule has 7 heavy (non-hydrogen) atoms. The van der Waals surface area contributed by atoms with E-state index >= 15 is 0 Å². The third kappa shape index (κ3) is 6.45. The Morgan fingerprint density at radius 1 is 1.00 bits per heavy atom. The van der Waals surface area contributed by atoms with Crippen molar-refractivity contribution in [2.45, 2.75) is 26.1 Å². The molecule has 0 aromatic carbocycles. The molecule has 0 aliphatic heterocycles. The first-order valence-corrected chi connectivity index (χ1v) is 2.00. The first-order chi connectivity index (χ1) is 2.64. The molecule has 2 N–H and O–H groups in total. The van der Waals surface area contributed by atoms with Crippen molar-refractivity contribution < 1.29 is 27.6 Å². The molecule has 0 aliphatic rings. The average molecular weight is 142 g/mol. The monoisotopic (exact) mass is 142 g/mol. The minimum Gasteiger partial charge on any atom is -0.391 e. The quantitative estimate of drug-likeness (QED) is 0.529. The van der Waals surface area contributed by atoms with E-state index in [1.165, 1.54) is 0 Å². The standard InChI is InChI=1S/C4H10O2.Cr/c1-3(5)4(2)6;/h3-6H,1-2H3;/t3-,4-;/m0./s1. The van der Waals surface area contributed by atoms with Gasteiger partial charge in [0.2, 0.25) is 0 Å². The van der Waals surface area contributed by atoms with Gasteiger partial charge in [-0.15, -0.1) is 0 Å². The number of rotatable bonds is 1. The zero-order valence-electron chi connectivity index (χ0n) is 4.46. The molecular formula is C4H10CrO2. The Balaban J connectivity index is 0. The second-order valence-electron chi connectivity index (χ2n) is 1.48. The topological polar surface area (TPSA) is 40.5 Å². The molecule has 0 aromatic heterocycles. The maximum absolute atomic E-state index is 8.38. The van der Waals surface area contributed by atoms with Crippen molar-refractivity contribution in [1.29, 1.82) is 0 Å². The number of aliphatic hydroxyl groups excluding tert-OH is 2. The van der Waals surface area contributed by atoms with E-state index in [2.05, 4.69) is 0 Å². The molecular weight excluding hydrogens is 132 g/mol. The van der Waals surface area contributed by atoms with Crippen molar-refractivity contribution in [2.75, 3.05) is 0 Å². The molecule has 0 fully saturated rings. The summed E-state index contributed by atoms with van der Waals surface area (Å²) in [4.78, 5) is 0. The predicted molar refractivity (Wildman–Crippen MR) is 23.4 cm³/mol. The second-order valence-corrected chi connectivity index (χ2v) is 1.48. The first kappa shape index (κ1) is 10.4. The summed E-state index contributed by atoms with van der Waals surface area (Å²) < 4.78 is 0. The summed E-state index contributed by atoms with van der Waals surface area (Å²) in [5, 5.41) is 16.8. The average Bonchev–Trinajstić information content (AvgIpc) is 1.36. The third-order valence-electron chi connectivity index (χ3n) is 0.698. The maximum Gasteiger partial charge on any atom is 0.0768 e. The van der Waals surface area contributed by atoms with E-state index in [1.807, 2.05) is 0 Å². The van der Waals surface area contributed by atoms with E-state index in [1.54, 1.807) is 13.8 Å². The summed E-state index contributed by atoms with van der Waals surface area (Å²) in [7, 11) is 0.